The number of amides is 1. The quantitative estimate of drug-likeness (QED) is 0.701. The fourth-order valence-electron chi connectivity index (χ4n) is 3.60. The third-order valence-corrected chi connectivity index (χ3v) is 5.20. The van der Waals surface area contributed by atoms with E-state index in [2.05, 4.69) is 16.4 Å². The molecule has 0 bridgehead atoms. The molecule has 6 heteroatoms. The third-order valence-electron chi connectivity index (χ3n) is 4.94. The van der Waals surface area contributed by atoms with E-state index >= 15 is 0 Å². The number of hydrogen-bond acceptors (Lipinski definition) is 3. The van der Waals surface area contributed by atoms with Crippen molar-refractivity contribution < 1.29 is 14.3 Å². The van der Waals surface area contributed by atoms with Crippen LogP contribution in [0.15, 0.2) is 42.5 Å². The summed E-state index contributed by atoms with van der Waals surface area (Å²) in [7, 11) is 1.67. The summed E-state index contributed by atoms with van der Waals surface area (Å²) in [6.07, 6.45) is 2.62. The van der Waals surface area contributed by atoms with Gasteiger partial charge in [-0.2, -0.15) is 0 Å². The zero-order valence-electron chi connectivity index (χ0n) is 15.0. The summed E-state index contributed by atoms with van der Waals surface area (Å²) in [4.78, 5) is 15.8. The standard InChI is InChI=1S/C21H21ClN2O3/c1-26-16-7-9-20-18(11-16)17-10-14(4-8-19(17)24-20)23-21(25)12-27-15-5-2-13(22)3-6-15/h2-3,5-7,9,11,14,24H,4,8,10,12H2,1H3,(H,23,25). The molecule has 1 unspecified atom stereocenters. The molecule has 1 amide bonds. The van der Waals surface area contributed by atoms with E-state index in [-0.39, 0.29) is 18.6 Å². The molecular weight excluding hydrogens is 364 g/mol. The van der Waals surface area contributed by atoms with Gasteiger partial charge in [0.1, 0.15) is 11.5 Å². The number of aromatic nitrogens is 1. The summed E-state index contributed by atoms with van der Waals surface area (Å²) in [5.74, 6) is 1.35. The van der Waals surface area contributed by atoms with Crippen LogP contribution in [-0.2, 0) is 17.6 Å². The maximum Gasteiger partial charge on any atom is 0.258 e. The molecule has 5 nitrogen and oxygen atoms in total. The summed E-state index contributed by atoms with van der Waals surface area (Å²) >= 11 is 5.85. The number of rotatable bonds is 5. The molecule has 0 saturated carbocycles. The molecule has 0 fully saturated rings. The highest BCUT2D eigenvalue weighted by molar-refractivity contribution is 6.30. The van der Waals surface area contributed by atoms with Crippen LogP contribution in [-0.4, -0.2) is 30.6 Å². The molecule has 0 radical (unpaired) electrons. The Balaban J connectivity index is 1.40. The molecule has 3 aromatic rings. The van der Waals surface area contributed by atoms with Gasteiger partial charge in [0.15, 0.2) is 6.61 Å². The van der Waals surface area contributed by atoms with Crippen molar-refractivity contribution in [1.82, 2.24) is 10.3 Å². The number of halogens is 1. The highest BCUT2D eigenvalue weighted by Gasteiger charge is 2.24. The van der Waals surface area contributed by atoms with E-state index in [1.54, 1.807) is 31.4 Å². The molecule has 2 N–H and O–H groups in total. The summed E-state index contributed by atoms with van der Waals surface area (Å²) in [5, 5.41) is 4.90. The molecule has 0 aliphatic heterocycles. The maximum absolute atomic E-state index is 12.3. The molecule has 1 atom stereocenters. The number of H-pyrrole nitrogens is 1. The van der Waals surface area contributed by atoms with Crippen LogP contribution in [0.1, 0.15) is 17.7 Å². The maximum atomic E-state index is 12.3. The first-order valence-corrected chi connectivity index (χ1v) is 9.35. The number of carbonyl (C=O) groups excluding carboxylic acids is 1. The Labute approximate surface area is 162 Å². The van der Waals surface area contributed by atoms with Crippen LogP contribution in [0.3, 0.4) is 0 Å². The molecule has 1 aliphatic carbocycles. The fraction of sp³-hybridized carbons (Fsp3) is 0.286. The first-order chi connectivity index (χ1) is 13.1. The van der Waals surface area contributed by atoms with Gasteiger partial charge in [0, 0.05) is 27.7 Å². The van der Waals surface area contributed by atoms with E-state index in [1.807, 2.05) is 12.1 Å². The van der Waals surface area contributed by atoms with Crippen LogP contribution in [0.25, 0.3) is 10.9 Å². The highest BCUT2D eigenvalue weighted by Crippen LogP contribution is 2.31. The largest absolute Gasteiger partial charge is 0.497 e. The lowest BCUT2D eigenvalue weighted by Gasteiger charge is -2.23. The monoisotopic (exact) mass is 384 g/mol. The summed E-state index contributed by atoms with van der Waals surface area (Å²) in [5.41, 5.74) is 3.62. The number of aryl methyl sites for hydroxylation is 1. The molecule has 140 valence electrons. The van der Waals surface area contributed by atoms with Gasteiger partial charge in [-0.25, -0.2) is 0 Å². The highest BCUT2D eigenvalue weighted by atomic mass is 35.5. The molecule has 27 heavy (non-hydrogen) atoms. The Kier molecular flexibility index (Phi) is 4.94. The smallest absolute Gasteiger partial charge is 0.258 e. The predicted molar refractivity (Wildman–Crippen MR) is 106 cm³/mol. The summed E-state index contributed by atoms with van der Waals surface area (Å²) < 4.78 is 10.9. The van der Waals surface area contributed by atoms with Crippen LogP contribution in [0.2, 0.25) is 5.02 Å². The van der Waals surface area contributed by atoms with Crippen LogP contribution < -0.4 is 14.8 Å². The lowest BCUT2D eigenvalue weighted by Crippen LogP contribution is -2.41. The number of nitrogens with one attached hydrogen (secondary N) is 2. The Morgan fingerprint density at radius 3 is 2.78 bits per heavy atom. The van der Waals surface area contributed by atoms with Gasteiger partial charge in [0.2, 0.25) is 0 Å². The minimum atomic E-state index is -0.115. The lowest BCUT2D eigenvalue weighted by atomic mass is 9.91. The van der Waals surface area contributed by atoms with Gasteiger partial charge >= 0.3 is 0 Å². The van der Waals surface area contributed by atoms with Crippen molar-refractivity contribution >= 4 is 28.4 Å². The van der Waals surface area contributed by atoms with Crippen LogP contribution in [0.4, 0.5) is 0 Å². The van der Waals surface area contributed by atoms with Crippen molar-refractivity contribution in [1.29, 1.82) is 0 Å². The van der Waals surface area contributed by atoms with Crippen LogP contribution in [0.5, 0.6) is 11.5 Å². The van der Waals surface area contributed by atoms with Gasteiger partial charge in [0.05, 0.1) is 7.11 Å². The van der Waals surface area contributed by atoms with Gasteiger partial charge < -0.3 is 19.8 Å². The van der Waals surface area contributed by atoms with E-state index < -0.39 is 0 Å². The van der Waals surface area contributed by atoms with E-state index in [1.165, 1.54) is 16.6 Å². The van der Waals surface area contributed by atoms with Gasteiger partial charge in [-0.1, -0.05) is 11.6 Å². The average molecular weight is 385 g/mol. The number of benzene rings is 2. The number of hydrogen-bond donors (Lipinski definition) is 2. The number of aromatic amines is 1. The molecule has 0 saturated heterocycles. The zero-order valence-corrected chi connectivity index (χ0v) is 15.8. The third kappa shape index (κ3) is 3.88. The topological polar surface area (TPSA) is 63.3 Å². The second-order valence-corrected chi connectivity index (χ2v) is 7.18. The first-order valence-electron chi connectivity index (χ1n) is 8.97. The van der Waals surface area contributed by atoms with E-state index in [4.69, 9.17) is 21.1 Å². The minimum Gasteiger partial charge on any atom is -0.497 e. The summed E-state index contributed by atoms with van der Waals surface area (Å²) in [6, 6.07) is 13.1. The fourth-order valence-corrected chi connectivity index (χ4v) is 3.72. The van der Waals surface area contributed by atoms with Gasteiger partial charge in [0.25, 0.3) is 5.91 Å². The number of methoxy groups -OCH3 is 1. The van der Waals surface area contributed by atoms with Crippen molar-refractivity contribution in [3.8, 4) is 11.5 Å². The number of carbonyl (C=O) groups is 1. The second kappa shape index (κ2) is 7.53. The average Bonchev–Trinajstić information content (AvgIpc) is 3.04. The Morgan fingerprint density at radius 1 is 1.22 bits per heavy atom. The minimum absolute atomic E-state index is 0.00725. The van der Waals surface area contributed by atoms with Crippen molar-refractivity contribution in [2.45, 2.75) is 25.3 Å². The first kappa shape index (κ1) is 17.7. The molecule has 2 aromatic carbocycles. The normalized spacial score (nSPS) is 16.0. The summed E-state index contributed by atoms with van der Waals surface area (Å²) in [6.45, 7) is -0.00725. The van der Waals surface area contributed by atoms with Crippen molar-refractivity contribution in [3.05, 3.63) is 58.7 Å². The molecule has 0 spiro atoms. The Morgan fingerprint density at radius 2 is 2.00 bits per heavy atom. The Bertz CT molecular complexity index is 965. The molecule has 1 aromatic heterocycles. The lowest BCUT2D eigenvalue weighted by molar-refractivity contribution is -0.123. The van der Waals surface area contributed by atoms with Crippen LogP contribution >= 0.6 is 11.6 Å². The molecular formula is C21H21ClN2O3. The van der Waals surface area contributed by atoms with Crippen LogP contribution in [0, 0.1) is 0 Å². The van der Waals surface area contributed by atoms with Crippen molar-refractivity contribution in [2.24, 2.45) is 0 Å². The molecule has 1 heterocycles. The van der Waals surface area contributed by atoms with Crippen molar-refractivity contribution in [3.63, 3.8) is 0 Å². The number of ether oxygens (including phenoxy) is 2. The van der Waals surface area contributed by atoms with Crippen molar-refractivity contribution in [2.75, 3.05) is 13.7 Å². The van der Waals surface area contributed by atoms with Gasteiger partial charge in [-0.05, 0) is 67.3 Å². The van der Waals surface area contributed by atoms with Gasteiger partial charge in [-0.3, -0.25) is 4.79 Å². The van der Waals surface area contributed by atoms with E-state index in [0.29, 0.717) is 10.8 Å². The number of fused-ring (bicyclic) bond motifs is 3. The second-order valence-electron chi connectivity index (χ2n) is 6.74. The van der Waals surface area contributed by atoms with E-state index in [9.17, 15) is 4.79 Å². The zero-order chi connectivity index (χ0) is 18.8. The predicted octanol–water partition coefficient (Wildman–Crippen LogP) is 3.88. The Hall–Kier alpha value is -2.66. The molecule has 1 aliphatic rings. The molecule has 4 rings (SSSR count). The van der Waals surface area contributed by atoms with E-state index in [0.717, 1.165) is 30.5 Å². The SMILES string of the molecule is COc1ccc2[nH]c3c(c2c1)CC(NC(=O)COc1ccc(Cl)cc1)CC3. The van der Waals surface area contributed by atoms with Gasteiger partial charge in [-0.15, -0.1) is 0 Å².